The lowest BCUT2D eigenvalue weighted by molar-refractivity contribution is 0.0995. The Balaban J connectivity index is 2.39. The van der Waals surface area contributed by atoms with Crippen LogP contribution in [0, 0.1) is 0 Å². The topological polar surface area (TPSA) is 72.9 Å². The van der Waals surface area contributed by atoms with E-state index < -0.39 is 5.91 Å². The molecule has 0 bridgehead atoms. The summed E-state index contributed by atoms with van der Waals surface area (Å²) in [5.74, 6) is -0.541. The predicted octanol–water partition coefficient (Wildman–Crippen LogP) is 1.73. The number of primary amides is 1. The van der Waals surface area contributed by atoms with Crippen molar-refractivity contribution in [2.24, 2.45) is 5.73 Å². The van der Waals surface area contributed by atoms with Crippen LogP contribution in [0.4, 0.5) is 0 Å². The fourth-order valence-electron chi connectivity index (χ4n) is 1.77. The highest BCUT2D eigenvalue weighted by Crippen LogP contribution is 2.19. The molecule has 1 heterocycles. The first-order valence-corrected chi connectivity index (χ1v) is 6.34. The Morgan fingerprint density at radius 2 is 2.26 bits per heavy atom. The number of nitrogens with two attached hydrogens (primary N) is 1. The quantitative estimate of drug-likeness (QED) is 0.875. The van der Waals surface area contributed by atoms with E-state index in [9.17, 15) is 4.79 Å². The van der Waals surface area contributed by atoms with Crippen molar-refractivity contribution in [1.29, 1.82) is 0 Å². The summed E-state index contributed by atoms with van der Waals surface area (Å²) in [4.78, 5) is 11.1. The number of hydrogen-bond donors (Lipinski definition) is 2. The molecule has 0 fully saturated rings. The number of halogens is 1. The Hall–Kier alpha value is -1.85. The van der Waals surface area contributed by atoms with Gasteiger partial charge in [-0.15, -0.1) is 0 Å². The lowest BCUT2D eigenvalue weighted by Gasteiger charge is -2.10. The van der Waals surface area contributed by atoms with Crippen LogP contribution >= 0.6 is 11.6 Å². The van der Waals surface area contributed by atoms with Crippen molar-refractivity contribution in [2.75, 3.05) is 6.54 Å². The fourth-order valence-corrected chi connectivity index (χ4v) is 1.96. The molecule has 6 heteroatoms. The summed E-state index contributed by atoms with van der Waals surface area (Å²) in [5, 5.41) is 8.06. The minimum atomic E-state index is -0.541. The van der Waals surface area contributed by atoms with Crippen LogP contribution in [0.15, 0.2) is 30.5 Å². The van der Waals surface area contributed by atoms with Gasteiger partial charge in [-0.2, -0.15) is 5.10 Å². The maximum atomic E-state index is 11.1. The SMILES string of the molecule is CCNCc1cc(Cl)ccc1-n1ccc(C(N)=O)n1. The summed E-state index contributed by atoms with van der Waals surface area (Å²) in [6.07, 6.45) is 1.71. The normalized spacial score (nSPS) is 10.6. The van der Waals surface area contributed by atoms with Gasteiger partial charge < -0.3 is 11.1 Å². The summed E-state index contributed by atoms with van der Waals surface area (Å²) >= 11 is 6.01. The lowest BCUT2D eigenvalue weighted by atomic mass is 10.2. The van der Waals surface area contributed by atoms with E-state index in [1.807, 2.05) is 19.1 Å². The van der Waals surface area contributed by atoms with Crippen LogP contribution in [0.1, 0.15) is 23.0 Å². The molecule has 5 nitrogen and oxygen atoms in total. The number of carbonyl (C=O) groups excluding carboxylic acids is 1. The van der Waals surface area contributed by atoms with Gasteiger partial charge in [-0.25, -0.2) is 4.68 Å². The monoisotopic (exact) mass is 278 g/mol. The van der Waals surface area contributed by atoms with Crippen LogP contribution in [-0.4, -0.2) is 22.2 Å². The van der Waals surface area contributed by atoms with E-state index in [-0.39, 0.29) is 5.69 Å². The first-order chi connectivity index (χ1) is 9.11. The molecule has 0 saturated carbocycles. The molecule has 0 unspecified atom stereocenters. The molecule has 1 amide bonds. The van der Waals surface area contributed by atoms with E-state index in [4.69, 9.17) is 17.3 Å². The highest BCUT2D eigenvalue weighted by atomic mass is 35.5. The van der Waals surface area contributed by atoms with Gasteiger partial charge in [0.05, 0.1) is 5.69 Å². The molecule has 0 aliphatic rings. The maximum absolute atomic E-state index is 11.1. The van der Waals surface area contributed by atoms with Gasteiger partial charge in [-0.05, 0) is 36.4 Å². The van der Waals surface area contributed by atoms with E-state index in [1.165, 1.54) is 0 Å². The first kappa shape index (κ1) is 13.6. The van der Waals surface area contributed by atoms with Gasteiger partial charge in [0.15, 0.2) is 0 Å². The largest absolute Gasteiger partial charge is 0.364 e. The average molecular weight is 279 g/mol. The van der Waals surface area contributed by atoms with E-state index in [1.54, 1.807) is 23.0 Å². The molecule has 1 aromatic heterocycles. The molecule has 2 rings (SSSR count). The Morgan fingerprint density at radius 3 is 2.89 bits per heavy atom. The van der Waals surface area contributed by atoms with Gasteiger partial charge in [-0.1, -0.05) is 18.5 Å². The number of amides is 1. The number of carbonyl (C=O) groups is 1. The van der Waals surface area contributed by atoms with Crippen LogP contribution < -0.4 is 11.1 Å². The Bertz CT molecular complexity index is 594. The van der Waals surface area contributed by atoms with Crippen LogP contribution in [0.25, 0.3) is 5.69 Å². The highest BCUT2D eigenvalue weighted by molar-refractivity contribution is 6.30. The summed E-state index contributed by atoms with van der Waals surface area (Å²) in [7, 11) is 0. The van der Waals surface area contributed by atoms with Gasteiger partial charge >= 0.3 is 0 Å². The molecule has 19 heavy (non-hydrogen) atoms. The minimum Gasteiger partial charge on any atom is -0.364 e. The van der Waals surface area contributed by atoms with Crippen LogP contribution in [0.2, 0.25) is 5.02 Å². The van der Waals surface area contributed by atoms with Crippen molar-refractivity contribution in [1.82, 2.24) is 15.1 Å². The molecule has 0 radical (unpaired) electrons. The minimum absolute atomic E-state index is 0.240. The molecule has 0 aliphatic carbocycles. The van der Waals surface area contributed by atoms with Gasteiger partial charge in [0, 0.05) is 17.8 Å². The fraction of sp³-hybridized carbons (Fsp3) is 0.231. The van der Waals surface area contributed by atoms with Gasteiger partial charge in [0.2, 0.25) is 0 Å². The van der Waals surface area contributed by atoms with E-state index >= 15 is 0 Å². The highest BCUT2D eigenvalue weighted by Gasteiger charge is 2.09. The number of rotatable bonds is 5. The van der Waals surface area contributed by atoms with Gasteiger partial charge in [0.25, 0.3) is 5.91 Å². The molecule has 1 aromatic carbocycles. The van der Waals surface area contributed by atoms with E-state index in [0.717, 1.165) is 17.8 Å². The zero-order valence-corrected chi connectivity index (χ0v) is 11.3. The molecule has 3 N–H and O–H groups in total. The second kappa shape index (κ2) is 5.86. The number of nitrogens with one attached hydrogen (secondary N) is 1. The number of nitrogens with zero attached hydrogens (tertiary/aromatic N) is 2. The van der Waals surface area contributed by atoms with Crippen molar-refractivity contribution in [3.63, 3.8) is 0 Å². The molecule has 2 aromatic rings. The number of aromatic nitrogens is 2. The van der Waals surface area contributed by atoms with E-state index in [0.29, 0.717) is 11.6 Å². The number of hydrogen-bond acceptors (Lipinski definition) is 3. The molecule has 100 valence electrons. The predicted molar refractivity (Wildman–Crippen MR) is 74.5 cm³/mol. The zero-order valence-electron chi connectivity index (χ0n) is 10.6. The van der Waals surface area contributed by atoms with E-state index in [2.05, 4.69) is 10.4 Å². The molecule has 0 saturated heterocycles. The molecule has 0 spiro atoms. The summed E-state index contributed by atoms with van der Waals surface area (Å²) < 4.78 is 1.63. The lowest BCUT2D eigenvalue weighted by Crippen LogP contribution is -2.15. The van der Waals surface area contributed by atoms with Crippen LogP contribution in [-0.2, 0) is 6.54 Å². The smallest absolute Gasteiger partial charge is 0.269 e. The van der Waals surface area contributed by atoms with Crippen molar-refractivity contribution >= 4 is 17.5 Å². The molecular weight excluding hydrogens is 264 g/mol. The van der Waals surface area contributed by atoms with Crippen molar-refractivity contribution < 1.29 is 4.79 Å². The Labute approximate surface area is 116 Å². The third kappa shape index (κ3) is 3.13. The van der Waals surface area contributed by atoms with Crippen LogP contribution in [0.3, 0.4) is 0 Å². The average Bonchev–Trinajstić information content (AvgIpc) is 2.86. The third-order valence-electron chi connectivity index (χ3n) is 2.70. The van der Waals surface area contributed by atoms with Gasteiger partial charge in [0.1, 0.15) is 5.69 Å². The standard InChI is InChI=1S/C13H15ClN4O/c1-2-16-8-9-7-10(14)3-4-12(9)18-6-5-11(17-18)13(15)19/h3-7,16H,2,8H2,1H3,(H2,15,19). The Morgan fingerprint density at radius 1 is 1.47 bits per heavy atom. The Kier molecular flexibility index (Phi) is 4.19. The molecule has 0 aliphatic heterocycles. The zero-order chi connectivity index (χ0) is 13.8. The summed E-state index contributed by atoms with van der Waals surface area (Å²) in [6, 6.07) is 7.13. The third-order valence-corrected chi connectivity index (χ3v) is 2.93. The number of benzene rings is 1. The second-order valence-corrected chi connectivity index (χ2v) is 4.50. The first-order valence-electron chi connectivity index (χ1n) is 5.97. The summed E-state index contributed by atoms with van der Waals surface area (Å²) in [5.41, 5.74) is 7.32. The second-order valence-electron chi connectivity index (χ2n) is 4.06. The van der Waals surface area contributed by atoms with Crippen LogP contribution in [0.5, 0.6) is 0 Å². The van der Waals surface area contributed by atoms with Crippen molar-refractivity contribution in [3.05, 3.63) is 46.7 Å². The van der Waals surface area contributed by atoms with Crippen molar-refractivity contribution in [2.45, 2.75) is 13.5 Å². The maximum Gasteiger partial charge on any atom is 0.269 e. The molecular formula is C13H15ClN4O. The molecule has 0 atom stereocenters. The summed E-state index contributed by atoms with van der Waals surface area (Å²) in [6.45, 7) is 3.57. The van der Waals surface area contributed by atoms with Gasteiger partial charge in [-0.3, -0.25) is 4.79 Å². The van der Waals surface area contributed by atoms with Crippen molar-refractivity contribution in [3.8, 4) is 5.69 Å².